The summed E-state index contributed by atoms with van der Waals surface area (Å²) in [6.07, 6.45) is 1.32. The van der Waals surface area contributed by atoms with Gasteiger partial charge in [-0.15, -0.1) is 10.2 Å². The number of methoxy groups -OCH3 is 1. The second kappa shape index (κ2) is 10.8. The number of hydrogen-bond donors (Lipinski definition) is 2. The molecule has 0 bridgehead atoms. The second-order valence-electron chi connectivity index (χ2n) is 7.97. The van der Waals surface area contributed by atoms with E-state index in [0.29, 0.717) is 20.7 Å². The average Bonchev–Trinajstić information content (AvgIpc) is 3.66. The molecule has 0 aliphatic carbocycles. The number of thioether (sulfide) groups is 1. The van der Waals surface area contributed by atoms with Gasteiger partial charge in [-0.1, -0.05) is 46.8 Å². The number of aliphatic hydroxyl groups is 1. The number of aliphatic hydroxyl groups excluding tert-OH is 1. The van der Waals surface area contributed by atoms with Gasteiger partial charge in [0.2, 0.25) is 10.9 Å². The molecule has 2 N–H and O–H groups in total. The summed E-state index contributed by atoms with van der Waals surface area (Å²) in [6, 6.07) is 12.3. The van der Waals surface area contributed by atoms with E-state index in [1.807, 2.05) is 12.1 Å². The number of Topliss-reactive ketones (excluding diaryl/α,β-unsaturated/α-hetero) is 1. The summed E-state index contributed by atoms with van der Waals surface area (Å²) in [5.41, 5.74) is 1.21. The highest BCUT2D eigenvalue weighted by Gasteiger charge is 2.47. The van der Waals surface area contributed by atoms with Crippen LogP contribution in [0, 0.1) is 0 Å². The minimum Gasteiger partial charge on any atom is -0.503 e. The lowest BCUT2D eigenvalue weighted by atomic mass is 9.95. The maximum Gasteiger partial charge on any atom is 0.296 e. The Bertz CT molecular complexity index is 1560. The van der Waals surface area contributed by atoms with Crippen LogP contribution in [-0.2, 0) is 10.5 Å². The molecular formula is C25H17BrClN3O6S2. The Labute approximate surface area is 237 Å². The fourth-order valence-corrected chi connectivity index (χ4v) is 6.29. The Morgan fingerprint density at radius 3 is 2.68 bits per heavy atom. The summed E-state index contributed by atoms with van der Waals surface area (Å²) in [6.45, 7) is 0. The zero-order valence-electron chi connectivity index (χ0n) is 19.4. The van der Waals surface area contributed by atoms with Gasteiger partial charge in [-0.25, -0.2) is 0 Å². The zero-order valence-corrected chi connectivity index (χ0v) is 23.4. The van der Waals surface area contributed by atoms with Gasteiger partial charge < -0.3 is 19.4 Å². The molecule has 0 saturated heterocycles. The number of aromatic hydroxyl groups is 1. The van der Waals surface area contributed by atoms with Crippen LogP contribution in [0.2, 0.25) is 5.02 Å². The van der Waals surface area contributed by atoms with Crippen LogP contribution >= 0.6 is 50.6 Å². The molecule has 38 heavy (non-hydrogen) atoms. The Morgan fingerprint density at radius 2 is 2.00 bits per heavy atom. The first-order valence-corrected chi connectivity index (χ1v) is 13.9. The van der Waals surface area contributed by atoms with E-state index < -0.39 is 23.5 Å². The van der Waals surface area contributed by atoms with Gasteiger partial charge in [-0.05, 0) is 63.5 Å². The van der Waals surface area contributed by atoms with E-state index in [1.165, 1.54) is 54.3 Å². The van der Waals surface area contributed by atoms with E-state index in [2.05, 4.69) is 26.1 Å². The van der Waals surface area contributed by atoms with Crippen molar-refractivity contribution in [3.63, 3.8) is 0 Å². The van der Waals surface area contributed by atoms with Crippen LogP contribution in [0.1, 0.15) is 27.7 Å². The summed E-state index contributed by atoms with van der Waals surface area (Å²) in [5.74, 6) is -1.73. The number of amides is 1. The lowest BCUT2D eigenvalue weighted by Gasteiger charge is -2.24. The van der Waals surface area contributed by atoms with Crippen LogP contribution in [0.15, 0.2) is 79.4 Å². The molecule has 194 valence electrons. The van der Waals surface area contributed by atoms with Crippen LogP contribution in [0.3, 0.4) is 0 Å². The molecule has 5 rings (SSSR count). The number of aromatic nitrogens is 2. The Kier molecular flexibility index (Phi) is 7.48. The van der Waals surface area contributed by atoms with Crippen LogP contribution in [0.4, 0.5) is 5.13 Å². The number of benzene rings is 2. The number of furan rings is 1. The van der Waals surface area contributed by atoms with Crippen molar-refractivity contribution < 1.29 is 29.0 Å². The highest BCUT2D eigenvalue weighted by Crippen LogP contribution is 2.47. The van der Waals surface area contributed by atoms with Gasteiger partial charge in [-0.2, -0.15) is 0 Å². The van der Waals surface area contributed by atoms with Crippen molar-refractivity contribution in [2.45, 2.75) is 16.1 Å². The Hall–Kier alpha value is -3.32. The highest BCUT2D eigenvalue weighted by molar-refractivity contribution is 9.10. The van der Waals surface area contributed by atoms with Crippen LogP contribution in [0.5, 0.6) is 11.5 Å². The van der Waals surface area contributed by atoms with E-state index in [4.69, 9.17) is 20.8 Å². The summed E-state index contributed by atoms with van der Waals surface area (Å²) in [5, 5.41) is 30.4. The SMILES string of the molecule is COc1cc(C2C(C(=O)c3ccco3)=C(O)C(=O)N2c2nnc(SCc3ccc(Cl)cc3)s2)cc(Br)c1O. The van der Waals surface area contributed by atoms with Crippen molar-refractivity contribution in [2.24, 2.45) is 0 Å². The fraction of sp³-hybridized carbons (Fsp3) is 0.120. The van der Waals surface area contributed by atoms with Gasteiger partial charge >= 0.3 is 0 Å². The van der Waals surface area contributed by atoms with Gasteiger partial charge in [0, 0.05) is 10.8 Å². The third-order valence-electron chi connectivity index (χ3n) is 5.66. The molecule has 3 heterocycles. The first-order chi connectivity index (χ1) is 18.3. The van der Waals surface area contributed by atoms with Crippen molar-refractivity contribution >= 4 is 67.5 Å². The minimum atomic E-state index is -1.10. The topological polar surface area (TPSA) is 126 Å². The molecule has 1 aliphatic heterocycles. The normalized spacial score (nSPS) is 15.4. The summed E-state index contributed by atoms with van der Waals surface area (Å²) >= 11 is 11.8. The number of phenols is 1. The number of rotatable bonds is 8. The van der Waals surface area contributed by atoms with E-state index in [-0.39, 0.29) is 32.4 Å². The summed E-state index contributed by atoms with van der Waals surface area (Å²) in [7, 11) is 1.37. The molecule has 0 saturated carbocycles. The standard InChI is InChI=1S/C25H17BrClN3O6S2/c1-35-17-10-13(9-15(26)20(17)31)19-18(21(32)16-3-2-8-36-16)22(33)23(34)30(19)24-28-29-25(38-24)37-11-12-4-6-14(27)7-5-12/h2-10,19,31,33H,11H2,1H3. The van der Waals surface area contributed by atoms with Crippen LogP contribution in [0.25, 0.3) is 0 Å². The monoisotopic (exact) mass is 633 g/mol. The van der Waals surface area contributed by atoms with Crippen LogP contribution in [-0.4, -0.2) is 39.2 Å². The molecule has 1 unspecified atom stereocenters. The number of carbonyl (C=O) groups is 2. The molecule has 0 fully saturated rings. The molecular weight excluding hydrogens is 618 g/mol. The quantitative estimate of drug-likeness (QED) is 0.130. The van der Waals surface area contributed by atoms with E-state index in [0.717, 1.165) is 16.9 Å². The summed E-state index contributed by atoms with van der Waals surface area (Å²) < 4.78 is 11.4. The zero-order chi connectivity index (χ0) is 27.0. The second-order valence-corrected chi connectivity index (χ2v) is 11.4. The van der Waals surface area contributed by atoms with Gasteiger partial charge in [0.15, 0.2) is 27.4 Å². The highest BCUT2D eigenvalue weighted by atomic mass is 79.9. The van der Waals surface area contributed by atoms with E-state index in [1.54, 1.807) is 12.1 Å². The maximum atomic E-state index is 13.4. The number of halogens is 2. The molecule has 4 aromatic rings. The minimum absolute atomic E-state index is 0.0486. The van der Waals surface area contributed by atoms with Gasteiger partial charge in [0.05, 0.1) is 29.5 Å². The first-order valence-electron chi connectivity index (χ1n) is 10.9. The molecule has 1 atom stereocenters. The van der Waals surface area contributed by atoms with E-state index in [9.17, 15) is 19.8 Å². The predicted molar refractivity (Wildman–Crippen MR) is 146 cm³/mol. The fourth-order valence-electron chi connectivity index (χ4n) is 3.88. The van der Waals surface area contributed by atoms with Gasteiger partial charge in [0.1, 0.15) is 0 Å². The molecule has 1 aliphatic rings. The molecule has 0 radical (unpaired) electrons. The van der Waals surface area contributed by atoms with Crippen LogP contribution < -0.4 is 9.64 Å². The third-order valence-corrected chi connectivity index (χ3v) is 8.65. The first kappa shape index (κ1) is 26.3. The molecule has 9 nitrogen and oxygen atoms in total. The third kappa shape index (κ3) is 4.92. The largest absolute Gasteiger partial charge is 0.503 e. The van der Waals surface area contributed by atoms with E-state index >= 15 is 0 Å². The Balaban J connectivity index is 1.54. The number of hydrogen-bond acceptors (Lipinski definition) is 10. The number of ketones is 1. The van der Waals surface area contributed by atoms with Gasteiger partial charge in [0.25, 0.3) is 5.91 Å². The summed E-state index contributed by atoms with van der Waals surface area (Å²) in [4.78, 5) is 28.0. The molecule has 13 heteroatoms. The van der Waals surface area contributed by atoms with Crippen molar-refractivity contribution in [3.05, 3.63) is 92.5 Å². The number of carbonyl (C=O) groups excluding carboxylic acids is 2. The van der Waals surface area contributed by atoms with Crippen molar-refractivity contribution in [2.75, 3.05) is 12.0 Å². The Morgan fingerprint density at radius 1 is 1.24 bits per heavy atom. The average molecular weight is 635 g/mol. The molecule has 0 spiro atoms. The van der Waals surface area contributed by atoms with Crippen molar-refractivity contribution in [3.8, 4) is 11.5 Å². The number of anilines is 1. The number of nitrogens with zero attached hydrogens (tertiary/aromatic N) is 3. The predicted octanol–water partition coefficient (Wildman–Crippen LogP) is 6.34. The number of phenolic OH excluding ortho intramolecular Hbond substituents is 1. The molecule has 2 aromatic carbocycles. The molecule has 1 amide bonds. The van der Waals surface area contributed by atoms with Crippen molar-refractivity contribution in [1.82, 2.24) is 10.2 Å². The van der Waals surface area contributed by atoms with Crippen molar-refractivity contribution in [1.29, 1.82) is 0 Å². The smallest absolute Gasteiger partial charge is 0.296 e. The maximum absolute atomic E-state index is 13.4. The lowest BCUT2D eigenvalue weighted by molar-refractivity contribution is -0.117. The molecule has 2 aromatic heterocycles. The lowest BCUT2D eigenvalue weighted by Crippen LogP contribution is -2.31. The van der Waals surface area contributed by atoms with Gasteiger partial charge in [-0.3, -0.25) is 14.5 Å². The number of ether oxygens (including phenoxy) is 1.